The van der Waals surface area contributed by atoms with E-state index in [1.165, 1.54) is 22.7 Å². The van der Waals surface area contributed by atoms with E-state index in [-0.39, 0.29) is 101 Å². The number of nitrogens with two attached hydrogens (primary N) is 1. The van der Waals surface area contributed by atoms with E-state index in [4.69, 9.17) is 5.73 Å². The number of fused-ring (bicyclic) bond motifs is 2. The van der Waals surface area contributed by atoms with Crippen LogP contribution in [-0.2, 0) is 18.0 Å². The number of phosphoric ester groups is 1. The second kappa shape index (κ2) is 11.7. The van der Waals surface area contributed by atoms with Crippen molar-refractivity contribution in [3.8, 4) is 0 Å². The van der Waals surface area contributed by atoms with Gasteiger partial charge in [0.15, 0.2) is 16.6 Å². The van der Waals surface area contributed by atoms with Crippen LogP contribution in [0.5, 0.6) is 0 Å². The molecule has 2 aromatic rings. The van der Waals surface area contributed by atoms with Gasteiger partial charge in [-0.2, -0.15) is 0 Å². The molecule has 2 unspecified atom stereocenters. The fourth-order valence-electron chi connectivity index (χ4n) is 4.10. The Bertz CT molecular complexity index is 1110. The SMILES string of the molecule is CSc1nc(N)c2ncn(C3[C@H]4C[C@@]4(COP(=O)([O-])OP(=O)([O-])[O-])[C@@H](O)[C@H]3O)c2n1.[Na+].[Na+].[Na+]. The minimum Gasteiger partial charge on any atom is -0.790 e. The molecule has 2 fully saturated rings. The van der Waals surface area contributed by atoms with E-state index in [1.54, 1.807) is 6.26 Å². The Balaban J connectivity index is 0.00000181. The molecule has 0 aromatic carbocycles. The number of imidazole rings is 1. The fourth-order valence-corrected chi connectivity index (χ4v) is 6.03. The van der Waals surface area contributed by atoms with Crippen LogP contribution in [0, 0.1) is 11.3 Å². The zero-order valence-corrected chi connectivity index (χ0v) is 26.8. The van der Waals surface area contributed by atoms with Crippen LogP contribution in [0.15, 0.2) is 11.5 Å². The summed E-state index contributed by atoms with van der Waals surface area (Å²) in [4.78, 5) is 45.2. The molecule has 2 saturated carbocycles. The van der Waals surface area contributed by atoms with Crippen LogP contribution in [0.25, 0.3) is 11.2 Å². The third-order valence-electron chi connectivity index (χ3n) is 5.48. The van der Waals surface area contributed by atoms with Gasteiger partial charge in [0.1, 0.15) is 11.6 Å². The van der Waals surface area contributed by atoms with E-state index in [0.29, 0.717) is 16.3 Å². The van der Waals surface area contributed by atoms with Crippen molar-refractivity contribution in [2.45, 2.75) is 29.8 Å². The first kappa shape index (κ1) is 32.9. The summed E-state index contributed by atoms with van der Waals surface area (Å²) in [5.41, 5.74) is 5.36. The van der Waals surface area contributed by atoms with Gasteiger partial charge in [-0.1, -0.05) is 11.8 Å². The van der Waals surface area contributed by atoms with Crippen molar-refractivity contribution >= 4 is 44.4 Å². The number of aromatic nitrogens is 4. The maximum Gasteiger partial charge on any atom is 1.00 e. The van der Waals surface area contributed by atoms with Crippen LogP contribution in [0.3, 0.4) is 0 Å². The van der Waals surface area contributed by atoms with Gasteiger partial charge in [0, 0.05) is 5.41 Å². The molecular formula is C13H16N5Na3O9P2S. The van der Waals surface area contributed by atoms with Gasteiger partial charge in [-0.15, -0.1) is 0 Å². The van der Waals surface area contributed by atoms with Gasteiger partial charge in [-0.3, -0.25) is 8.88 Å². The molecular weight excluding hydrogens is 533 g/mol. The van der Waals surface area contributed by atoms with Crippen LogP contribution < -0.4 is 109 Å². The Hall–Kier alpha value is 1.88. The molecule has 166 valence electrons. The van der Waals surface area contributed by atoms with Gasteiger partial charge < -0.3 is 44.3 Å². The molecule has 14 nitrogen and oxygen atoms in total. The number of aliphatic hydroxyl groups excluding tert-OH is 2. The molecule has 33 heavy (non-hydrogen) atoms. The Morgan fingerprint density at radius 1 is 1.27 bits per heavy atom. The third-order valence-corrected chi connectivity index (χ3v) is 8.07. The van der Waals surface area contributed by atoms with Crippen LogP contribution in [0.4, 0.5) is 5.82 Å². The number of anilines is 1. The summed E-state index contributed by atoms with van der Waals surface area (Å²) >= 11 is 1.25. The van der Waals surface area contributed by atoms with Crippen molar-refractivity contribution in [1.82, 2.24) is 19.5 Å². The van der Waals surface area contributed by atoms with Crippen LogP contribution >= 0.6 is 27.4 Å². The summed E-state index contributed by atoms with van der Waals surface area (Å²) in [6, 6.07) is -0.727. The number of thioether (sulfide) groups is 1. The maximum absolute atomic E-state index is 11.6. The Morgan fingerprint density at radius 3 is 2.48 bits per heavy atom. The topological polar surface area (TPSA) is 232 Å². The Morgan fingerprint density at radius 2 is 1.91 bits per heavy atom. The van der Waals surface area contributed by atoms with Gasteiger partial charge in [0.25, 0.3) is 7.82 Å². The van der Waals surface area contributed by atoms with E-state index < -0.39 is 51.8 Å². The van der Waals surface area contributed by atoms with Gasteiger partial charge in [0.2, 0.25) is 0 Å². The van der Waals surface area contributed by atoms with Crippen LogP contribution in [0.1, 0.15) is 12.5 Å². The van der Waals surface area contributed by atoms with E-state index >= 15 is 0 Å². The van der Waals surface area contributed by atoms with Crippen molar-refractivity contribution in [2.75, 3.05) is 18.6 Å². The van der Waals surface area contributed by atoms with Gasteiger partial charge in [-0.25, -0.2) is 15.0 Å². The second-order valence-electron chi connectivity index (χ2n) is 7.14. The number of nitrogen functional groups attached to an aromatic ring is 1. The summed E-state index contributed by atoms with van der Waals surface area (Å²) in [6.07, 6.45) is 0.691. The molecule has 0 spiro atoms. The van der Waals surface area contributed by atoms with Crippen molar-refractivity contribution < 1.29 is 132 Å². The predicted octanol–water partition coefficient (Wildman–Crippen LogP) is -11.2. The minimum atomic E-state index is -5.83. The third kappa shape index (κ3) is 6.48. The zero-order chi connectivity index (χ0) is 22.1. The summed E-state index contributed by atoms with van der Waals surface area (Å²) in [7, 11) is -11.3. The van der Waals surface area contributed by atoms with E-state index in [1.807, 2.05) is 0 Å². The molecule has 20 heteroatoms. The number of hydrogen-bond acceptors (Lipinski definition) is 14. The average molecular weight is 549 g/mol. The molecule has 2 aromatic heterocycles. The van der Waals surface area contributed by atoms with Crippen LogP contribution in [-0.4, -0.2) is 54.8 Å². The Kier molecular flexibility index (Phi) is 11.7. The van der Waals surface area contributed by atoms with E-state index in [2.05, 4.69) is 23.8 Å². The van der Waals surface area contributed by atoms with Gasteiger partial charge in [-0.05, 0) is 18.6 Å². The summed E-state index contributed by atoms with van der Waals surface area (Å²) < 4.78 is 31.6. The van der Waals surface area contributed by atoms with Crippen molar-refractivity contribution in [2.24, 2.45) is 11.3 Å². The standard InChI is InChI=1S/C13H19N5O9P2S.3Na/c1-30-12-16-10(14)6-11(17-12)18(4-15-6)7-5-2-13(5,9(20)8(7)19)3-26-29(24,25)27-28(21,22)23;;;/h4-5,7-9,19-20H,2-3H2,1H3,(H,24,25)(H2,14,16,17)(H2,21,22,23);;;/q;3*+1/p-3/t5-,7?,8+,9+,13+;;;/m1.../s1. The largest absolute Gasteiger partial charge is 1.00 e. The Labute approximate surface area is 258 Å². The number of phosphoric acid groups is 2. The molecule has 0 aliphatic heterocycles. The molecule has 0 amide bonds. The van der Waals surface area contributed by atoms with Crippen LogP contribution in [0.2, 0.25) is 0 Å². The predicted molar refractivity (Wildman–Crippen MR) is 95.4 cm³/mol. The van der Waals surface area contributed by atoms with Crippen molar-refractivity contribution in [1.29, 1.82) is 0 Å². The molecule has 2 aliphatic rings. The number of nitrogens with zero attached hydrogens (tertiary/aromatic N) is 4. The molecule has 4 rings (SSSR count). The number of rotatable bonds is 7. The van der Waals surface area contributed by atoms with Gasteiger partial charge >= 0.3 is 88.7 Å². The summed E-state index contributed by atoms with van der Waals surface area (Å²) in [5.74, 6) is -0.300. The van der Waals surface area contributed by atoms with E-state index in [9.17, 15) is 34.0 Å². The first-order valence-electron chi connectivity index (χ1n) is 8.48. The zero-order valence-electron chi connectivity index (χ0n) is 18.2. The minimum absolute atomic E-state index is 0. The monoisotopic (exact) mass is 549 g/mol. The van der Waals surface area contributed by atoms with Crippen molar-refractivity contribution in [3.63, 3.8) is 0 Å². The molecule has 0 saturated heterocycles. The first-order valence-corrected chi connectivity index (χ1v) is 12.6. The molecule has 2 aliphatic carbocycles. The van der Waals surface area contributed by atoms with E-state index in [0.717, 1.165) is 0 Å². The number of hydrogen-bond donors (Lipinski definition) is 3. The average Bonchev–Trinajstić information content (AvgIpc) is 3.13. The van der Waals surface area contributed by atoms with Crippen molar-refractivity contribution in [3.05, 3.63) is 6.33 Å². The summed E-state index contributed by atoms with van der Waals surface area (Å²) in [6.45, 7) is -0.674. The second-order valence-corrected chi connectivity index (χ2v) is 10.6. The first-order chi connectivity index (χ1) is 13.9. The van der Waals surface area contributed by atoms with Gasteiger partial charge in [0.05, 0.1) is 32.9 Å². The fraction of sp³-hybridized carbons (Fsp3) is 0.615. The molecule has 0 radical (unpaired) electrons. The molecule has 0 bridgehead atoms. The number of aliphatic hydroxyl groups is 2. The quantitative estimate of drug-likeness (QED) is 0.126. The summed E-state index contributed by atoms with van der Waals surface area (Å²) in [5, 5.41) is 21.5. The normalized spacial score (nSPS) is 29.9. The molecule has 2 heterocycles. The molecule has 4 N–H and O–H groups in total. The molecule has 6 atom stereocenters. The maximum atomic E-state index is 11.6. The smallest absolute Gasteiger partial charge is 0.790 e.